The molecule has 1 aliphatic heterocycles. The van der Waals surface area contributed by atoms with Crippen LogP contribution in [0.2, 0.25) is 5.02 Å². The van der Waals surface area contributed by atoms with Gasteiger partial charge in [0.25, 0.3) is 0 Å². The molecule has 0 radical (unpaired) electrons. The molecular weight excluding hydrogens is 416 g/mol. The number of hydrogen-bond acceptors (Lipinski definition) is 5. The number of carbonyl (C=O) groups is 1. The Bertz CT molecular complexity index is 816. The number of ether oxygens (including phenoxy) is 1. The summed E-state index contributed by atoms with van der Waals surface area (Å²) < 4.78 is 5.53. The largest absolute Gasteiger partial charge is 0.506 e. The van der Waals surface area contributed by atoms with E-state index in [1.807, 2.05) is 19.9 Å². The maximum absolute atomic E-state index is 11.6. The number of phenolic OH excluding ortho intramolecular Hbond substituents is 1. The molecule has 1 aromatic rings. The van der Waals surface area contributed by atoms with Crippen LogP contribution in [0.4, 0.5) is 0 Å². The third-order valence-corrected chi connectivity index (χ3v) is 6.21. The first-order chi connectivity index (χ1) is 14.7. The van der Waals surface area contributed by atoms with Crippen molar-refractivity contribution in [3.63, 3.8) is 0 Å². The topological polar surface area (TPSA) is 87.0 Å². The van der Waals surface area contributed by atoms with Crippen molar-refractivity contribution in [3.05, 3.63) is 59.2 Å². The average molecular weight is 449 g/mol. The first-order valence-corrected chi connectivity index (χ1v) is 11.2. The number of phenols is 1. The number of benzene rings is 1. The molecule has 2 rings (SSSR count). The zero-order valence-corrected chi connectivity index (χ0v) is 19.1. The van der Waals surface area contributed by atoms with Crippen LogP contribution in [0, 0.1) is 17.8 Å². The van der Waals surface area contributed by atoms with E-state index in [0.717, 1.165) is 6.42 Å². The lowest BCUT2D eigenvalue weighted by Gasteiger charge is -2.33. The van der Waals surface area contributed by atoms with Crippen LogP contribution in [0.5, 0.6) is 5.75 Å². The van der Waals surface area contributed by atoms with Crippen molar-refractivity contribution in [1.82, 2.24) is 0 Å². The summed E-state index contributed by atoms with van der Waals surface area (Å²) >= 11 is 6.02. The van der Waals surface area contributed by atoms with Crippen LogP contribution in [0.3, 0.4) is 0 Å². The van der Waals surface area contributed by atoms with Gasteiger partial charge < -0.3 is 20.1 Å². The third-order valence-electron chi connectivity index (χ3n) is 5.80. The summed E-state index contributed by atoms with van der Waals surface area (Å²) in [5.74, 6) is -0.0517. The van der Waals surface area contributed by atoms with Gasteiger partial charge in [-0.25, -0.2) is 4.79 Å². The van der Waals surface area contributed by atoms with Gasteiger partial charge in [-0.2, -0.15) is 0 Å². The quantitative estimate of drug-likeness (QED) is 0.350. The van der Waals surface area contributed by atoms with Gasteiger partial charge in [-0.1, -0.05) is 74.9 Å². The van der Waals surface area contributed by atoms with Gasteiger partial charge in [0.15, 0.2) is 0 Å². The molecule has 1 heterocycles. The summed E-state index contributed by atoms with van der Waals surface area (Å²) in [6.45, 7) is 6.05. The second kappa shape index (κ2) is 12.1. The summed E-state index contributed by atoms with van der Waals surface area (Å²) in [6.07, 6.45) is 10.3. The third kappa shape index (κ3) is 7.53. The van der Waals surface area contributed by atoms with Crippen LogP contribution < -0.4 is 0 Å². The van der Waals surface area contributed by atoms with Gasteiger partial charge in [0.05, 0.1) is 17.2 Å². The number of cyclic esters (lactones) is 1. The Hall–Kier alpha value is -2.08. The fraction of sp³-hybridized carbons (Fsp3) is 0.480. The maximum atomic E-state index is 11.6. The minimum atomic E-state index is -0.795. The molecule has 0 aromatic heterocycles. The van der Waals surface area contributed by atoms with E-state index in [1.165, 1.54) is 12.1 Å². The van der Waals surface area contributed by atoms with E-state index in [4.69, 9.17) is 16.3 Å². The average Bonchev–Trinajstić information content (AvgIpc) is 2.73. The zero-order chi connectivity index (χ0) is 23.0. The van der Waals surface area contributed by atoms with Gasteiger partial charge in [0.2, 0.25) is 0 Å². The van der Waals surface area contributed by atoms with Crippen LogP contribution in [-0.4, -0.2) is 39.6 Å². The van der Waals surface area contributed by atoms with Gasteiger partial charge in [0, 0.05) is 18.4 Å². The number of halogens is 1. The second-order valence-corrected chi connectivity index (χ2v) is 8.70. The lowest BCUT2D eigenvalue weighted by Crippen LogP contribution is -2.36. The Balaban J connectivity index is 1.84. The van der Waals surface area contributed by atoms with Crippen LogP contribution in [-0.2, 0) is 9.53 Å². The molecule has 5 nitrogen and oxygen atoms in total. The number of allylic oxidation sites excluding steroid dienone is 2. The molecule has 0 bridgehead atoms. The molecule has 0 saturated heterocycles. The number of aromatic hydroxyl groups is 1. The Morgan fingerprint density at radius 2 is 1.94 bits per heavy atom. The molecular formula is C25H33ClO5. The zero-order valence-electron chi connectivity index (χ0n) is 18.3. The predicted molar refractivity (Wildman–Crippen MR) is 124 cm³/mol. The SMILES string of the molecule is CC[C@@H]1C=CC(=O)O[C@@H]1[C@H](C)C[C@@H](C)[C@@H](O)C[C@H](O)/C=C\C=C/c1cccc(O)c1Cl. The molecule has 0 aliphatic carbocycles. The molecule has 6 heteroatoms. The number of esters is 1. The fourth-order valence-electron chi connectivity index (χ4n) is 3.93. The molecule has 0 fully saturated rings. The maximum Gasteiger partial charge on any atom is 0.330 e. The second-order valence-electron chi connectivity index (χ2n) is 8.32. The fourth-order valence-corrected chi connectivity index (χ4v) is 4.12. The minimum Gasteiger partial charge on any atom is -0.506 e. The first kappa shape index (κ1) is 25.2. The predicted octanol–water partition coefficient (Wildman–Crippen LogP) is 4.90. The van der Waals surface area contributed by atoms with E-state index < -0.39 is 12.2 Å². The number of hydrogen-bond donors (Lipinski definition) is 3. The molecule has 0 amide bonds. The van der Waals surface area contributed by atoms with Crippen LogP contribution in [0.1, 0.15) is 45.6 Å². The van der Waals surface area contributed by atoms with Crippen molar-refractivity contribution >= 4 is 23.6 Å². The van der Waals surface area contributed by atoms with Crippen LogP contribution in [0.15, 0.2) is 48.6 Å². The number of carbonyl (C=O) groups excluding carboxylic acids is 1. The highest BCUT2D eigenvalue weighted by molar-refractivity contribution is 6.33. The smallest absolute Gasteiger partial charge is 0.330 e. The number of aliphatic hydroxyl groups is 2. The van der Waals surface area contributed by atoms with Crippen LogP contribution in [0.25, 0.3) is 6.08 Å². The molecule has 1 aliphatic rings. The minimum absolute atomic E-state index is 0.0171. The summed E-state index contributed by atoms with van der Waals surface area (Å²) in [5, 5.41) is 30.6. The van der Waals surface area contributed by atoms with E-state index in [-0.39, 0.29) is 47.0 Å². The Morgan fingerprint density at radius 3 is 2.65 bits per heavy atom. The highest BCUT2D eigenvalue weighted by Gasteiger charge is 2.32. The van der Waals surface area contributed by atoms with E-state index in [9.17, 15) is 20.1 Å². The number of rotatable bonds is 10. The number of aliphatic hydroxyl groups excluding tert-OH is 2. The Labute approximate surface area is 189 Å². The molecule has 0 spiro atoms. The van der Waals surface area contributed by atoms with Gasteiger partial charge in [0.1, 0.15) is 11.9 Å². The van der Waals surface area contributed by atoms with Crippen molar-refractivity contribution in [2.75, 3.05) is 0 Å². The molecule has 3 N–H and O–H groups in total. The standard InChI is InChI=1S/C25H33ClO5/c1-4-18-12-13-23(30)31-25(18)17(3)14-16(2)22(29)15-20(27)10-6-5-8-19-9-7-11-21(28)24(19)26/h5-13,16-18,20,22,25,27-29H,4,14-15H2,1-3H3/b8-5-,10-6-/t16-,17-,18-,20-,22+,25-/m1/s1. The summed E-state index contributed by atoms with van der Waals surface area (Å²) in [6, 6.07) is 4.99. The van der Waals surface area contributed by atoms with Gasteiger partial charge in [-0.3, -0.25) is 0 Å². The summed E-state index contributed by atoms with van der Waals surface area (Å²) in [5.41, 5.74) is 0.673. The molecule has 0 saturated carbocycles. The van der Waals surface area contributed by atoms with Crippen molar-refractivity contribution in [1.29, 1.82) is 0 Å². The van der Waals surface area contributed by atoms with E-state index in [1.54, 1.807) is 36.4 Å². The Morgan fingerprint density at radius 1 is 1.19 bits per heavy atom. The lowest BCUT2D eigenvalue weighted by molar-refractivity contribution is -0.150. The lowest BCUT2D eigenvalue weighted by atomic mass is 9.81. The highest BCUT2D eigenvalue weighted by atomic mass is 35.5. The van der Waals surface area contributed by atoms with Crippen molar-refractivity contribution in [2.45, 2.75) is 58.3 Å². The van der Waals surface area contributed by atoms with E-state index in [2.05, 4.69) is 6.92 Å². The molecule has 0 unspecified atom stereocenters. The molecule has 31 heavy (non-hydrogen) atoms. The first-order valence-electron chi connectivity index (χ1n) is 10.8. The summed E-state index contributed by atoms with van der Waals surface area (Å²) in [4.78, 5) is 11.6. The molecule has 170 valence electrons. The Kier molecular flexibility index (Phi) is 9.82. The van der Waals surface area contributed by atoms with Crippen molar-refractivity contribution in [3.8, 4) is 5.75 Å². The monoisotopic (exact) mass is 448 g/mol. The molecule has 1 aromatic carbocycles. The van der Waals surface area contributed by atoms with Gasteiger partial charge in [-0.15, -0.1) is 0 Å². The van der Waals surface area contributed by atoms with Crippen LogP contribution >= 0.6 is 11.6 Å². The van der Waals surface area contributed by atoms with Gasteiger partial charge >= 0.3 is 5.97 Å². The summed E-state index contributed by atoms with van der Waals surface area (Å²) in [7, 11) is 0. The highest BCUT2D eigenvalue weighted by Crippen LogP contribution is 2.31. The van der Waals surface area contributed by atoms with E-state index >= 15 is 0 Å². The van der Waals surface area contributed by atoms with E-state index in [0.29, 0.717) is 12.0 Å². The molecule has 6 atom stereocenters. The van der Waals surface area contributed by atoms with Crippen molar-refractivity contribution in [2.24, 2.45) is 17.8 Å². The van der Waals surface area contributed by atoms with Crippen molar-refractivity contribution < 1.29 is 24.9 Å². The normalized spacial score (nSPS) is 23.1. The van der Waals surface area contributed by atoms with Gasteiger partial charge in [-0.05, 0) is 36.3 Å².